The first-order valence-corrected chi connectivity index (χ1v) is 9.45. The van der Waals surface area contributed by atoms with Crippen LogP contribution in [0.4, 0.5) is 5.88 Å². The molecule has 0 aliphatic heterocycles. The zero-order valence-electron chi connectivity index (χ0n) is 16.9. The maximum atomic E-state index is 12.5. The molecule has 5 nitrogen and oxygen atoms in total. The fourth-order valence-electron chi connectivity index (χ4n) is 2.88. The zero-order chi connectivity index (χ0) is 20.3. The summed E-state index contributed by atoms with van der Waals surface area (Å²) in [6.45, 7) is 9.95. The first kappa shape index (κ1) is 19.7. The summed E-state index contributed by atoms with van der Waals surface area (Å²) in [7, 11) is 0. The van der Waals surface area contributed by atoms with Crippen LogP contribution >= 0.6 is 0 Å². The summed E-state index contributed by atoms with van der Waals surface area (Å²) in [6, 6.07) is 15.7. The molecule has 1 heterocycles. The number of amides is 1. The number of carbonyl (C=O) groups excluding carboxylic acids is 1. The summed E-state index contributed by atoms with van der Waals surface area (Å²) < 4.78 is 11.2. The molecule has 3 rings (SSSR count). The summed E-state index contributed by atoms with van der Waals surface area (Å²) >= 11 is 0. The Hall–Kier alpha value is -3.08. The van der Waals surface area contributed by atoms with Gasteiger partial charge in [-0.15, -0.1) is 0 Å². The normalized spacial score (nSPS) is 12.1. The Labute approximate surface area is 165 Å². The molecule has 0 aliphatic carbocycles. The lowest BCUT2D eigenvalue weighted by molar-refractivity contribution is -0.122. The van der Waals surface area contributed by atoms with Crippen LogP contribution in [0.2, 0.25) is 0 Å². The van der Waals surface area contributed by atoms with Gasteiger partial charge in [0.1, 0.15) is 11.4 Å². The highest BCUT2D eigenvalue weighted by Gasteiger charge is 2.19. The van der Waals surface area contributed by atoms with Crippen molar-refractivity contribution in [3.8, 4) is 17.0 Å². The molecular formula is C23H26N2O3. The Kier molecular flexibility index (Phi) is 5.83. The average molecular weight is 378 g/mol. The van der Waals surface area contributed by atoms with Gasteiger partial charge in [-0.3, -0.25) is 10.1 Å². The molecule has 5 heteroatoms. The highest BCUT2D eigenvalue weighted by atomic mass is 16.5. The van der Waals surface area contributed by atoms with Crippen molar-refractivity contribution >= 4 is 11.8 Å². The Morgan fingerprint density at radius 3 is 2.36 bits per heavy atom. The molecule has 0 radical (unpaired) electrons. The number of ether oxygens (including phenoxy) is 1. The minimum absolute atomic E-state index is 0.289. The molecule has 1 amide bonds. The highest BCUT2D eigenvalue weighted by Crippen LogP contribution is 2.28. The van der Waals surface area contributed by atoms with E-state index in [9.17, 15) is 4.79 Å². The summed E-state index contributed by atoms with van der Waals surface area (Å²) in [4.78, 5) is 12.5. The molecule has 3 aromatic rings. The zero-order valence-corrected chi connectivity index (χ0v) is 16.9. The summed E-state index contributed by atoms with van der Waals surface area (Å²) in [5, 5.41) is 6.76. The predicted molar refractivity (Wildman–Crippen MR) is 111 cm³/mol. The third-order valence-corrected chi connectivity index (χ3v) is 4.57. The lowest BCUT2D eigenvalue weighted by atomic mass is 10.0. The third-order valence-electron chi connectivity index (χ3n) is 4.57. The minimum Gasteiger partial charge on any atom is -0.481 e. The monoisotopic (exact) mass is 378 g/mol. The summed E-state index contributed by atoms with van der Waals surface area (Å²) in [6.07, 6.45) is -0.674. The second-order valence-corrected chi connectivity index (χ2v) is 7.39. The fourth-order valence-corrected chi connectivity index (χ4v) is 2.88. The van der Waals surface area contributed by atoms with Gasteiger partial charge in [0, 0.05) is 11.6 Å². The molecular weight excluding hydrogens is 352 g/mol. The van der Waals surface area contributed by atoms with Gasteiger partial charge in [-0.05, 0) is 43.9 Å². The molecule has 1 atom stereocenters. The van der Waals surface area contributed by atoms with E-state index in [1.807, 2.05) is 56.3 Å². The van der Waals surface area contributed by atoms with Crippen LogP contribution in [-0.4, -0.2) is 17.2 Å². The molecule has 0 aliphatic rings. The number of hydrogen-bond acceptors (Lipinski definition) is 4. The Bertz CT molecular complexity index is 958. The van der Waals surface area contributed by atoms with Gasteiger partial charge < -0.3 is 9.26 Å². The molecule has 1 aromatic heterocycles. The van der Waals surface area contributed by atoms with Crippen molar-refractivity contribution in [2.75, 3.05) is 5.32 Å². The first-order chi connectivity index (χ1) is 13.3. The van der Waals surface area contributed by atoms with Crippen LogP contribution in [0.5, 0.6) is 5.75 Å². The van der Waals surface area contributed by atoms with E-state index < -0.39 is 6.10 Å². The molecule has 2 aromatic carbocycles. The number of aromatic nitrogens is 1. The van der Waals surface area contributed by atoms with Gasteiger partial charge in [0.05, 0.1) is 0 Å². The topological polar surface area (TPSA) is 64.4 Å². The van der Waals surface area contributed by atoms with Crippen LogP contribution in [0.1, 0.15) is 43.4 Å². The van der Waals surface area contributed by atoms with Crippen molar-refractivity contribution in [3.05, 3.63) is 65.2 Å². The molecule has 0 spiro atoms. The smallest absolute Gasteiger partial charge is 0.267 e. The van der Waals surface area contributed by atoms with E-state index in [0.29, 0.717) is 17.5 Å². The van der Waals surface area contributed by atoms with Crippen LogP contribution in [0.25, 0.3) is 11.3 Å². The van der Waals surface area contributed by atoms with Gasteiger partial charge in [-0.1, -0.05) is 61.0 Å². The molecule has 1 N–H and O–H groups in total. The molecule has 0 unspecified atom stereocenters. The quantitative estimate of drug-likeness (QED) is 0.616. The van der Waals surface area contributed by atoms with Crippen LogP contribution in [0.15, 0.2) is 53.1 Å². The number of carbonyl (C=O) groups is 1. The number of hydrogen-bond donors (Lipinski definition) is 1. The van der Waals surface area contributed by atoms with Crippen molar-refractivity contribution in [1.82, 2.24) is 5.16 Å². The van der Waals surface area contributed by atoms with Crippen molar-refractivity contribution in [2.24, 2.45) is 0 Å². The standard InChI is InChI=1S/C23H26N2O3/c1-14(2)19-11-8-16(4)12-21(19)27-17(5)23(26)24-22-13-20(25-28-22)18-9-6-15(3)7-10-18/h6-14,17H,1-5H3,(H,24,26)/t17-/m1/s1. The SMILES string of the molecule is Cc1ccc(-c2cc(NC(=O)[C@@H](C)Oc3cc(C)ccc3C(C)C)on2)cc1. The van der Waals surface area contributed by atoms with Crippen molar-refractivity contribution < 1.29 is 14.1 Å². The third kappa shape index (κ3) is 4.60. The largest absolute Gasteiger partial charge is 0.481 e. The van der Waals surface area contributed by atoms with E-state index in [0.717, 1.165) is 22.4 Å². The van der Waals surface area contributed by atoms with E-state index in [1.165, 1.54) is 5.56 Å². The molecule has 0 saturated carbocycles. The van der Waals surface area contributed by atoms with Crippen LogP contribution in [0.3, 0.4) is 0 Å². The summed E-state index contributed by atoms with van der Waals surface area (Å²) in [5.41, 5.74) is 4.94. The van der Waals surface area contributed by atoms with Crippen molar-refractivity contribution in [3.63, 3.8) is 0 Å². The maximum Gasteiger partial charge on any atom is 0.267 e. The van der Waals surface area contributed by atoms with Gasteiger partial charge in [-0.2, -0.15) is 0 Å². The van der Waals surface area contributed by atoms with Gasteiger partial charge in [-0.25, -0.2) is 0 Å². The van der Waals surface area contributed by atoms with Crippen LogP contribution in [-0.2, 0) is 4.79 Å². The fraction of sp³-hybridized carbons (Fsp3) is 0.304. The first-order valence-electron chi connectivity index (χ1n) is 9.45. The van der Waals surface area contributed by atoms with Crippen LogP contribution < -0.4 is 10.1 Å². The highest BCUT2D eigenvalue weighted by molar-refractivity contribution is 5.93. The number of anilines is 1. The Morgan fingerprint density at radius 2 is 1.68 bits per heavy atom. The Morgan fingerprint density at radius 1 is 1.00 bits per heavy atom. The maximum absolute atomic E-state index is 12.5. The van der Waals surface area contributed by atoms with E-state index >= 15 is 0 Å². The lowest BCUT2D eigenvalue weighted by Crippen LogP contribution is -2.30. The minimum atomic E-state index is -0.674. The molecule has 0 fully saturated rings. The van der Waals surface area contributed by atoms with Gasteiger partial charge in [0.15, 0.2) is 6.10 Å². The number of nitrogens with zero attached hydrogens (tertiary/aromatic N) is 1. The summed E-state index contributed by atoms with van der Waals surface area (Å²) in [5.74, 6) is 1.04. The van der Waals surface area contributed by atoms with E-state index in [-0.39, 0.29) is 5.91 Å². The molecule has 0 bridgehead atoms. The second kappa shape index (κ2) is 8.30. The average Bonchev–Trinajstić information content (AvgIpc) is 3.10. The number of rotatable bonds is 6. The molecule has 0 saturated heterocycles. The van der Waals surface area contributed by atoms with Crippen molar-refractivity contribution in [2.45, 2.75) is 46.6 Å². The van der Waals surface area contributed by atoms with Crippen molar-refractivity contribution in [1.29, 1.82) is 0 Å². The number of aryl methyl sites for hydroxylation is 2. The Balaban J connectivity index is 1.68. The molecule has 146 valence electrons. The van der Waals surface area contributed by atoms with Gasteiger partial charge in [0.2, 0.25) is 5.88 Å². The van der Waals surface area contributed by atoms with E-state index in [4.69, 9.17) is 9.26 Å². The second-order valence-electron chi connectivity index (χ2n) is 7.39. The predicted octanol–water partition coefficient (Wildman–Crippen LogP) is 5.49. The number of nitrogens with one attached hydrogen (secondary N) is 1. The van der Waals surface area contributed by atoms with Crippen LogP contribution in [0, 0.1) is 13.8 Å². The lowest BCUT2D eigenvalue weighted by Gasteiger charge is -2.18. The van der Waals surface area contributed by atoms with E-state index in [1.54, 1.807) is 13.0 Å². The van der Waals surface area contributed by atoms with Gasteiger partial charge in [0.25, 0.3) is 5.91 Å². The van der Waals surface area contributed by atoms with E-state index in [2.05, 4.69) is 24.3 Å². The molecule has 28 heavy (non-hydrogen) atoms. The van der Waals surface area contributed by atoms with Gasteiger partial charge >= 0.3 is 0 Å². The number of benzene rings is 2.